The Morgan fingerprint density at radius 1 is 0.765 bits per heavy atom. The third-order valence-corrected chi connectivity index (χ3v) is 8.96. The predicted octanol–water partition coefficient (Wildman–Crippen LogP) is 4.41. The highest BCUT2D eigenvalue weighted by Gasteiger charge is 2.30. The van der Waals surface area contributed by atoms with Crippen LogP contribution in [0.1, 0.15) is 28.8 Å². The monoisotopic (exact) mass is 740 g/mol. The van der Waals surface area contributed by atoms with Crippen LogP contribution in [0.15, 0.2) is 107 Å². The fourth-order valence-electron chi connectivity index (χ4n) is 5.12. The summed E-state index contributed by atoms with van der Waals surface area (Å²) in [5.41, 5.74) is 3.23. The number of ether oxygens (including phenoxy) is 1. The average Bonchev–Trinajstić information content (AvgIpc) is 3.27. The van der Waals surface area contributed by atoms with Gasteiger partial charge in [-0.2, -0.15) is 0 Å². The number of esters is 1. The van der Waals surface area contributed by atoms with Crippen molar-refractivity contribution < 1.29 is 54.2 Å². The molecule has 15 heteroatoms. The number of carbonyl (C=O) groups excluding carboxylic acids is 1. The molecular formula is C36H37ClN2O11S. The zero-order valence-corrected chi connectivity index (χ0v) is 28.8. The molecule has 5 N–H and O–H groups in total. The molecule has 0 spiro atoms. The van der Waals surface area contributed by atoms with Crippen LogP contribution in [0, 0.1) is 0 Å². The van der Waals surface area contributed by atoms with Gasteiger partial charge < -0.3 is 30.3 Å². The van der Waals surface area contributed by atoms with Gasteiger partial charge in [0.05, 0.1) is 0 Å². The number of carboxylic acids is 4. The highest BCUT2D eigenvalue weighted by molar-refractivity contribution is 7.99. The number of piperazine rings is 1. The van der Waals surface area contributed by atoms with Crippen LogP contribution >= 0.6 is 23.4 Å². The number of hydrogen-bond acceptors (Lipinski definition) is 10. The second-order valence-electron chi connectivity index (χ2n) is 11.0. The molecule has 0 bridgehead atoms. The summed E-state index contributed by atoms with van der Waals surface area (Å²) >= 11 is 8.25. The number of rotatable bonds is 10. The van der Waals surface area contributed by atoms with Gasteiger partial charge in [-0.05, 0) is 47.4 Å². The second-order valence-corrected chi connectivity index (χ2v) is 12.5. The van der Waals surface area contributed by atoms with Crippen molar-refractivity contribution in [3.05, 3.63) is 119 Å². The van der Waals surface area contributed by atoms with Gasteiger partial charge in [-0.25, -0.2) is 24.0 Å². The Bertz CT molecular complexity index is 1660. The lowest BCUT2D eigenvalue weighted by molar-refractivity contribution is -0.154. The summed E-state index contributed by atoms with van der Waals surface area (Å²) in [6, 6.07) is 24.1. The molecular weight excluding hydrogens is 704 g/mol. The molecule has 0 aliphatic carbocycles. The van der Waals surface area contributed by atoms with Crippen LogP contribution < -0.4 is 0 Å². The fourth-order valence-corrected chi connectivity index (χ4v) is 6.41. The Hall–Kier alpha value is -4.99. The lowest BCUT2D eigenvalue weighted by Crippen LogP contribution is -2.48. The van der Waals surface area contributed by atoms with E-state index in [9.17, 15) is 29.1 Å². The van der Waals surface area contributed by atoms with E-state index in [0.717, 1.165) is 37.6 Å². The molecule has 0 saturated carbocycles. The van der Waals surface area contributed by atoms with Crippen molar-refractivity contribution in [2.45, 2.75) is 28.4 Å². The molecule has 5 rings (SSSR count). The third kappa shape index (κ3) is 14.0. The summed E-state index contributed by atoms with van der Waals surface area (Å²) in [5, 5.41) is 42.2. The summed E-state index contributed by atoms with van der Waals surface area (Å²) in [6.45, 7) is 4.61. The van der Waals surface area contributed by atoms with Crippen molar-refractivity contribution in [1.82, 2.24) is 9.80 Å². The maximum atomic E-state index is 12.2. The molecule has 3 aromatic rings. The number of hydrogen-bond donors (Lipinski definition) is 5. The molecule has 2 aliphatic rings. The number of halogens is 1. The standard InChI is InChI=1S/C28H29ClN2O3S.2C4H4O4/c29-22-10-11-26-23(19-22)24(18-21-8-4-5-9-25(21)35-26)31-14-12-30(13-15-31)16-17-34-28(33)27(32)20-6-2-1-3-7-20;2*5-3(6)1-2-4(7)8/h1-11,19,24,27,32H,12-18H2;2*1-2H,(H,5,6)(H,7,8)/b;2*2-1+. The Kier molecular flexibility index (Phi) is 16.4. The van der Waals surface area contributed by atoms with E-state index in [1.54, 1.807) is 24.3 Å². The minimum atomic E-state index is -1.26. The van der Waals surface area contributed by atoms with Crippen LogP contribution in [0.2, 0.25) is 5.02 Å². The van der Waals surface area contributed by atoms with Crippen LogP contribution in [0.25, 0.3) is 0 Å². The van der Waals surface area contributed by atoms with Crippen molar-refractivity contribution in [2.75, 3.05) is 39.3 Å². The van der Waals surface area contributed by atoms with Gasteiger partial charge in [0.2, 0.25) is 0 Å². The zero-order chi connectivity index (χ0) is 37.3. The number of carboxylic acid groups (broad SMARTS) is 4. The highest BCUT2D eigenvalue weighted by atomic mass is 35.5. The van der Waals surface area contributed by atoms with Crippen LogP contribution in [0.4, 0.5) is 0 Å². The van der Waals surface area contributed by atoms with Crippen LogP contribution in [0.3, 0.4) is 0 Å². The second kappa shape index (κ2) is 20.6. The Balaban J connectivity index is 0.000000366. The molecule has 0 radical (unpaired) electrons. The van der Waals surface area contributed by atoms with Crippen LogP contribution in [-0.4, -0.2) is 105 Å². The van der Waals surface area contributed by atoms with Gasteiger partial charge in [0, 0.05) is 77.9 Å². The van der Waals surface area contributed by atoms with E-state index >= 15 is 0 Å². The maximum Gasteiger partial charge on any atom is 0.339 e. The normalized spacial score (nSPS) is 16.2. The average molecular weight is 741 g/mol. The van der Waals surface area contributed by atoms with Gasteiger partial charge in [0.25, 0.3) is 0 Å². The highest BCUT2D eigenvalue weighted by Crippen LogP contribution is 2.43. The number of nitrogens with zero attached hydrogens (tertiary/aromatic N) is 2. The summed E-state index contributed by atoms with van der Waals surface area (Å²) in [5.74, 6) is -5.63. The molecule has 2 heterocycles. The Morgan fingerprint density at radius 2 is 1.31 bits per heavy atom. The van der Waals surface area contributed by atoms with Crippen molar-refractivity contribution in [3.63, 3.8) is 0 Å². The number of carbonyl (C=O) groups is 5. The zero-order valence-electron chi connectivity index (χ0n) is 27.2. The van der Waals surface area contributed by atoms with E-state index in [1.807, 2.05) is 23.9 Å². The van der Waals surface area contributed by atoms with Crippen molar-refractivity contribution in [1.29, 1.82) is 0 Å². The van der Waals surface area contributed by atoms with E-state index in [1.165, 1.54) is 20.9 Å². The first-order valence-electron chi connectivity index (χ1n) is 15.5. The summed E-state index contributed by atoms with van der Waals surface area (Å²) in [6.07, 6.45) is 1.96. The molecule has 1 fully saturated rings. The number of aliphatic hydroxyl groups is 1. The van der Waals surface area contributed by atoms with Crippen molar-refractivity contribution in [3.8, 4) is 0 Å². The van der Waals surface area contributed by atoms with Crippen LogP contribution in [-0.2, 0) is 35.1 Å². The first-order valence-corrected chi connectivity index (χ1v) is 16.7. The molecule has 3 aromatic carbocycles. The number of aliphatic hydroxyl groups excluding tert-OH is 1. The van der Waals surface area contributed by atoms with E-state index in [2.05, 4.69) is 46.2 Å². The van der Waals surface area contributed by atoms with Gasteiger partial charge in [0.15, 0.2) is 6.10 Å². The molecule has 1 saturated heterocycles. The number of aliphatic carboxylic acids is 4. The smallest absolute Gasteiger partial charge is 0.339 e. The first kappa shape index (κ1) is 40.4. The van der Waals surface area contributed by atoms with E-state index in [-0.39, 0.29) is 12.6 Å². The lowest BCUT2D eigenvalue weighted by atomic mass is 9.96. The lowest BCUT2D eigenvalue weighted by Gasteiger charge is -2.39. The topological polar surface area (TPSA) is 202 Å². The Labute approximate surface area is 303 Å². The summed E-state index contributed by atoms with van der Waals surface area (Å²) in [7, 11) is 0. The van der Waals surface area contributed by atoms with E-state index in [0.29, 0.717) is 36.4 Å². The third-order valence-electron chi connectivity index (χ3n) is 7.51. The van der Waals surface area contributed by atoms with Crippen LogP contribution in [0.5, 0.6) is 0 Å². The fraction of sp³-hybridized carbons (Fsp3) is 0.250. The van der Waals surface area contributed by atoms with Gasteiger partial charge in [0.1, 0.15) is 6.61 Å². The minimum absolute atomic E-state index is 0.272. The Morgan fingerprint density at radius 3 is 1.88 bits per heavy atom. The molecule has 0 amide bonds. The molecule has 2 atom stereocenters. The largest absolute Gasteiger partial charge is 0.478 e. The molecule has 2 unspecified atom stereocenters. The van der Waals surface area contributed by atoms with Gasteiger partial charge >= 0.3 is 29.8 Å². The van der Waals surface area contributed by atoms with E-state index in [4.69, 9.17) is 36.8 Å². The molecule has 51 heavy (non-hydrogen) atoms. The van der Waals surface area contributed by atoms with E-state index < -0.39 is 36.0 Å². The van der Waals surface area contributed by atoms with Gasteiger partial charge in [-0.1, -0.05) is 71.9 Å². The summed E-state index contributed by atoms with van der Waals surface area (Å²) < 4.78 is 5.36. The number of fused-ring (bicyclic) bond motifs is 2. The maximum absolute atomic E-state index is 12.2. The predicted molar refractivity (Wildman–Crippen MR) is 188 cm³/mol. The molecule has 270 valence electrons. The van der Waals surface area contributed by atoms with Crippen molar-refractivity contribution in [2.24, 2.45) is 0 Å². The molecule has 13 nitrogen and oxygen atoms in total. The molecule has 2 aliphatic heterocycles. The van der Waals surface area contributed by atoms with Gasteiger partial charge in [-0.15, -0.1) is 0 Å². The SMILES string of the molecule is O=C(O)/C=C/C(=O)O.O=C(O)/C=C/C(=O)O.O=C(OCCN1CCN(C2Cc3ccccc3Sc3ccc(Cl)cc32)CC1)C(O)c1ccccc1. The minimum Gasteiger partial charge on any atom is -0.478 e. The van der Waals surface area contributed by atoms with Crippen molar-refractivity contribution >= 4 is 53.2 Å². The number of benzene rings is 3. The summed E-state index contributed by atoms with van der Waals surface area (Å²) in [4.78, 5) is 57.9. The first-order chi connectivity index (χ1) is 24.3. The van der Waals surface area contributed by atoms with Gasteiger partial charge in [-0.3, -0.25) is 9.80 Å². The quantitative estimate of drug-likeness (QED) is 0.145. The molecule has 0 aromatic heterocycles.